The second kappa shape index (κ2) is 6.78. The highest BCUT2D eigenvalue weighted by atomic mass is 16.5. The Morgan fingerprint density at radius 2 is 2.00 bits per heavy atom. The van der Waals surface area contributed by atoms with Gasteiger partial charge >= 0.3 is 5.97 Å². The molecule has 0 aliphatic carbocycles. The maximum absolute atomic E-state index is 10.5. The monoisotopic (exact) mass is 295 g/mol. The Morgan fingerprint density at radius 3 is 2.62 bits per heavy atom. The first-order chi connectivity index (χ1) is 10.0. The van der Waals surface area contributed by atoms with Gasteiger partial charge in [-0.3, -0.25) is 4.90 Å². The Bertz CT molecular complexity index is 485. The fraction of sp³-hybridized carbons (Fsp3) is 0.533. The van der Waals surface area contributed by atoms with Crippen molar-refractivity contribution >= 4 is 5.97 Å². The molecule has 1 N–H and O–H groups in total. The van der Waals surface area contributed by atoms with Gasteiger partial charge in [-0.1, -0.05) is 12.1 Å². The van der Waals surface area contributed by atoms with Crippen LogP contribution in [0, 0.1) is 0 Å². The Kier molecular flexibility index (Phi) is 5.03. The second-order valence-electron chi connectivity index (χ2n) is 5.34. The average molecular weight is 295 g/mol. The molecule has 1 aliphatic rings. The smallest absolute Gasteiger partial charge is 0.329 e. The normalized spacial score (nSPS) is 17.0. The predicted octanol–water partition coefficient (Wildman–Crippen LogP) is 1.25. The van der Waals surface area contributed by atoms with Crippen molar-refractivity contribution in [2.45, 2.75) is 12.5 Å². The van der Waals surface area contributed by atoms with E-state index in [0.29, 0.717) is 6.61 Å². The van der Waals surface area contributed by atoms with Gasteiger partial charge in [0.15, 0.2) is 11.5 Å². The lowest BCUT2D eigenvalue weighted by Gasteiger charge is -2.47. The number of rotatable bonds is 8. The van der Waals surface area contributed by atoms with Crippen LogP contribution in [0.1, 0.15) is 6.92 Å². The van der Waals surface area contributed by atoms with Crippen LogP contribution in [0.3, 0.4) is 0 Å². The summed E-state index contributed by atoms with van der Waals surface area (Å²) in [5.74, 6) is 0.510. The number of para-hydroxylation sites is 2. The SMILES string of the molecule is COc1ccccc1OCCN1CC(C)(OCC(=O)O)C1. The first kappa shape index (κ1) is 15.6. The molecule has 0 saturated carbocycles. The predicted molar refractivity (Wildman–Crippen MR) is 76.9 cm³/mol. The van der Waals surface area contributed by atoms with E-state index in [1.807, 2.05) is 31.2 Å². The highest BCUT2D eigenvalue weighted by Gasteiger charge is 2.39. The summed E-state index contributed by atoms with van der Waals surface area (Å²) in [6.45, 7) is 4.43. The minimum Gasteiger partial charge on any atom is -0.493 e. The number of likely N-dealkylation sites (tertiary alicyclic amines) is 1. The Labute approximate surface area is 124 Å². The number of methoxy groups -OCH3 is 1. The van der Waals surface area contributed by atoms with E-state index in [4.69, 9.17) is 19.3 Å². The number of carboxylic acids is 1. The van der Waals surface area contributed by atoms with Gasteiger partial charge in [-0.05, 0) is 19.1 Å². The molecule has 0 amide bonds. The van der Waals surface area contributed by atoms with E-state index >= 15 is 0 Å². The Morgan fingerprint density at radius 1 is 1.33 bits per heavy atom. The van der Waals surface area contributed by atoms with Gasteiger partial charge in [0, 0.05) is 19.6 Å². The molecule has 1 heterocycles. The van der Waals surface area contributed by atoms with Crippen LogP contribution in [0.2, 0.25) is 0 Å². The minimum atomic E-state index is -0.936. The summed E-state index contributed by atoms with van der Waals surface area (Å²) in [4.78, 5) is 12.7. The summed E-state index contributed by atoms with van der Waals surface area (Å²) in [5.41, 5.74) is -0.358. The molecule has 0 radical (unpaired) electrons. The molecule has 1 aliphatic heterocycles. The first-order valence-electron chi connectivity index (χ1n) is 6.86. The molecule has 0 atom stereocenters. The molecule has 1 fully saturated rings. The maximum Gasteiger partial charge on any atom is 0.329 e. The number of carboxylic acid groups (broad SMARTS) is 1. The molecule has 1 aromatic carbocycles. The van der Waals surface area contributed by atoms with E-state index in [9.17, 15) is 4.79 Å². The summed E-state index contributed by atoms with van der Waals surface area (Å²) >= 11 is 0. The van der Waals surface area contributed by atoms with Crippen LogP contribution < -0.4 is 9.47 Å². The molecule has 21 heavy (non-hydrogen) atoms. The molecule has 6 heteroatoms. The summed E-state index contributed by atoms with van der Waals surface area (Å²) in [7, 11) is 1.61. The Balaban J connectivity index is 1.68. The minimum absolute atomic E-state index is 0.248. The average Bonchev–Trinajstić information content (AvgIpc) is 2.43. The van der Waals surface area contributed by atoms with Gasteiger partial charge < -0.3 is 19.3 Å². The number of benzene rings is 1. The topological polar surface area (TPSA) is 68.2 Å². The van der Waals surface area contributed by atoms with Crippen LogP contribution in [0.4, 0.5) is 0 Å². The quantitative estimate of drug-likeness (QED) is 0.778. The van der Waals surface area contributed by atoms with Gasteiger partial charge in [-0.15, -0.1) is 0 Å². The molecule has 1 aromatic rings. The van der Waals surface area contributed by atoms with E-state index < -0.39 is 5.97 Å². The van der Waals surface area contributed by atoms with Crippen molar-refractivity contribution in [3.05, 3.63) is 24.3 Å². The Hall–Kier alpha value is -1.79. The van der Waals surface area contributed by atoms with Crippen molar-refractivity contribution in [1.29, 1.82) is 0 Å². The van der Waals surface area contributed by atoms with E-state index in [1.165, 1.54) is 0 Å². The fourth-order valence-corrected chi connectivity index (χ4v) is 2.41. The lowest BCUT2D eigenvalue weighted by Crippen LogP contribution is -2.62. The molecule has 6 nitrogen and oxygen atoms in total. The van der Waals surface area contributed by atoms with E-state index in [1.54, 1.807) is 7.11 Å². The molecule has 0 aromatic heterocycles. The second-order valence-corrected chi connectivity index (χ2v) is 5.34. The first-order valence-corrected chi connectivity index (χ1v) is 6.86. The highest BCUT2D eigenvalue weighted by molar-refractivity contribution is 5.68. The third-order valence-electron chi connectivity index (χ3n) is 3.39. The fourth-order valence-electron chi connectivity index (χ4n) is 2.41. The van der Waals surface area contributed by atoms with Crippen molar-refractivity contribution in [3.63, 3.8) is 0 Å². The van der Waals surface area contributed by atoms with Gasteiger partial charge in [0.05, 0.1) is 12.7 Å². The van der Waals surface area contributed by atoms with Gasteiger partial charge in [-0.2, -0.15) is 0 Å². The van der Waals surface area contributed by atoms with Crippen molar-refractivity contribution in [1.82, 2.24) is 4.90 Å². The van der Waals surface area contributed by atoms with Crippen molar-refractivity contribution in [3.8, 4) is 11.5 Å². The lowest BCUT2D eigenvalue weighted by molar-refractivity contribution is -0.165. The van der Waals surface area contributed by atoms with Gasteiger partial charge in [0.2, 0.25) is 0 Å². The van der Waals surface area contributed by atoms with E-state index in [2.05, 4.69) is 4.90 Å². The molecule has 2 rings (SSSR count). The molecule has 116 valence electrons. The number of hydrogen-bond donors (Lipinski definition) is 1. The summed E-state index contributed by atoms with van der Waals surface area (Å²) in [5, 5.41) is 8.61. The van der Waals surface area contributed by atoms with Crippen molar-refractivity contribution < 1.29 is 24.1 Å². The van der Waals surface area contributed by atoms with Crippen LogP contribution in [0.5, 0.6) is 11.5 Å². The van der Waals surface area contributed by atoms with Crippen LogP contribution in [0.15, 0.2) is 24.3 Å². The number of nitrogens with zero attached hydrogens (tertiary/aromatic N) is 1. The molecule has 1 saturated heterocycles. The zero-order valence-corrected chi connectivity index (χ0v) is 12.4. The van der Waals surface area contributed by atoms with Gasteiger partial charge in [-0.25, -0.2) is 4.79 Å². The maximum atomic E-state index is 10.5. The zero-order valence-electron chi connectivity index (χ0n) is 12.4. The van der Waals surface area contributed by atoms with Crippen LogP contribution >= 0.6 is 0 Å². The third kappa shape index (κ3) is 4.34. The van der Waals surface area contributed by atoms with Gasteiger partial charge in [0.1, 0.15) is 13.2 Å². The molecule has 0 unspecified atom stereocenters. The van der Waals surface area contributed by atoms with Crippen molar-refractivity contribution in [2.24, 2.45) is 0 Å². The van der Waals surface area contributed by atoms with E-state index in [0.717, 1.165) is 31.1 Å². The zero-order chi connectivity index (χ0) is 15.3. The molecular weight excluding hydrogens is 274 g/mol. The molecular formula is C15H21NO5. The highest BCUT2D eigenvalue weighted by Crippen LogP contribution is 2.27. The standard InChI is InChI=1S/C15H21NO5/c1-15(21-9-14(17)18)10-16(11-15)7-8-20-13-6-4-3-5-12(13)19-2/h3-6H,7-11H2,1-2H3,(H,17,18). The third-order valence-corrected chi connectivity index (χ3v) is 3.39. The molecule has 0 bridgehead atoms. The number of ether oxygens (including phenoxy) is 3. The van der Waals surface area contributed by atoms with Crippen molar-refractivity contribution in [2.75, 3.05) is 40.0 Å². The summed E-state index contributed by atoms with van der Waals surface area (Å²) in [6.07, 6.45) is 0. The lowest BCUT2D eigenvalue weighted by atomic mass is 9.96. The molecule has 0 spiro atoms. The van der Waals surface area contributed by atoms with Crippen LogP contribution in [0.25, 0.3) is 0 Å². The van der Waals surface area contributed by atoms with E-state index in [-0.39, 0.29) is 12.2 Å². The van der Waals surface area contributed by atoms with Gasteiger partial charge in [0.25, 0.3) is 0 Å². The van der Waals surface area contributed by atoms with Crippen LogP contribution in [-0.4, -0.2) is 61.5 Å². The summed E-state index contributed by atoms with van der Waals surface area (Å²) in [6, 6.07) is 7.52. The largest absolute Gasteiger partial charge is 0.493 e. The van der Waals surface area contributed by atoms with Crippen LogP contribution in [-0.2, 0) is 9.53 Å². The number of aliphatic carboxylic acids is 1. The number of carbonyl (C=O) groups is 1. The summed E-state index contributed by atoms with van der Waals surface area (Å²) < 4.78 is 16.3. The number of hydrogen-bond acceptors (Lipinski definition) is 5.